The van der Waals surface area contributed by atoms with E-state index in [1.165, 1.54) is 0 Å². The van der Waals surface area contributed by atoms with Gasteiger partial charge in [-0.1, -0.05) is 31.8 Å². The highest BCUT2D eigenvalue weighted by atomic mass is 16.5. The number of carbonyl (C=O) groups excluding carboxylic acids is 1. The van der Waals surface area contributed by atoms with Crippen molar-refractivity contribution in [2.75, 3.05) is 13.7 Å². The minimum atomic E-state index is -0.494. The highest BCUT2D eigenvalue weighted by Crippen LogP contribution is 2.21. The topological polar surface area (TPSA) is 35.5 Å². The van der Waals surface area contributed by atoms with Crippen LogP contribution in [0.4, 0.5) is 0 Å². The van der Waals surface area contributed by atoms with Gasteiger partial charge in [-0.2, -0.15) is 0 Å². The van der Waals surface area contributed by atoms with Crippen molar-refractivity contribution >= 4 is 5.97 Å². The lowest BCUT2D eigenvalue weighted by atomic mass is 9.87. The van der Waals surface area contributed by atoms with Crippen LogP contribution in [0.1, 0.15) is 41.0 Å². The van der Waals surface area contributed by atoms with Gasteiger partial charge in [0.1, 0.15) is 6.10 Å². The fourth-order valence-electron chi connectivity index (χ4n) is 1.74. The summed E-state index contributed by atoms with van der Waals surface area (Å²) in [5, 5.41) is 0. The molecule has 0 aromatic heterocycles. The lowest BCUT2D eigenvalue weighted by Gasteiger charge is -2.24. The Morgan fingerprint density at radius 3 is 2.35 bits per heavy atom. The van der Waals surface area contributed by atoms with Gasteiger partial charge in [0.25, 0.3) is 0 Å². The molecule has 0 bridgehead atoms. The van der Waals surface area contributed by atoms with Gasteiger partial charge in [-0.15, -0.1) is 6.58 Å². The highest BCUT2D eigenvalue weighted by molar-refractivity contribution is 5.75. The highest BCUT2D eigenvalue weighted by Gasteiger charge is 2.23. The van der Waals surface area contributed by atoms with Crippen molar-refractivity contribution in [1.29, 1.82) is 0 Å². The van der Waals surface area contributed by atoms with E-state index in [4.69, 9.17) is 9.47 Å². The summed E-state index contributed by atoms with van der Waals surface area (Å²) >= 11 is 0. The van der Waals surface area contributed by atoms with Crippen LogP contribution in [0.5, 0.6) is 0 Å². The van der Waals surface area contributed by atoms with Crippen molar-refractivity contribution in [3.63, 3.8) is 0 Å². The van der Waals surface area contributed by atoms with Gasteiger partial charge in [-0.05, 0) is 33.1 Å². The fourth-order valence-corrected chi connectivity index (χ4v) is 1.74. The maximum atomic E-state index is 11.6. The van der Waals surface area contributed by atoms with Crippen LogP contribution in [-0.2, 0) is 14.3 Å². The lowest BCUT2D eigenvalue weighted by molar-refractivity contribution is -0.151. The summed E-state index contributed by atoms with van der Waals surface area (Å²) < 4.78 is 10.6. The van der Waals surface area contributed by atoms with Crippen LogP contribution in [0.2, 0.25) is 0 Å². The smallest absolute Gasteiger partial charge is 0.312 e. The molecule has 3 heteroatoms. The minimum absolute atomic E-state index is 0.106. The van der Waals surface area contributed by atoms with Crippen LogP contribution in [0.3, 0.4) is 0 Å². The molecule has 3 nitrogen and oxygen atoms in total. The van der Waals surface area contributed by atoms with Gasteiger partial charge in [-0.3, -0.25) is 4.79 Å². The Morgan fingerprint density at radius 2 is 1.95 bits per heavy atom. The predicted octanol–water partition coefficient (Wildman–Crippen LogP) is 3.44. The number of allylic oxidation sites excluding steroid dienone is 1. The van der Waals surface area contributed by atoms with Gasteiger partial charge < -0.3 is 9.47 Å². The zero-order valence-corrected chi connectivity index (χ0v) is 13.7. The van der Waals surface area contributed by atoms with Crippen molar-refractivity contribution in [2.24, 2.45) is 17.3 Å². The number of hydrogen-bond acceptors (Lipinski definition) is 3. The fraction of sp³-hybridized carbons (Fsp3) is 0.706. The van der Waals surface area contributed by atoms with Crippen LogP contribution in [0.15, 0.2) is 12.7 Å². The maximum Gasteiger partial charge on any atom is 0.312 e. The Balaban J connectivity index is 4.54. The largest absolute Gasteiger partial charge is 0.452 e. The second kappa shape index (κ2) is 8.81. The van der Waals surface area contributed by atoms with Gasteiger partial charge in [0.05, 0.1) is 5.41 Å². The zero-order valence-electron chi connectivity index (χ0n) is 13.7. The first kappa shape index (κ1) is 18.7. The number of methoxy groups -OCH3 is 1. The van der Waals surface area contributed by atoms with Crippen LogP contribution in [0.25, 0.3) is 0 Å². The molecule has 2 atom stereocenters. The SMILES string of the molecule is C=CC[C@H](C(C)C)[C@@H](C#CCOC(=O)C(C)(C)C)OC. The van der Waals surface area contributed by atoms with E-state index in [2.05, 4.69) is 32.3 Å². The van der Waals surface area contributed by atoms with E-state index in [1.807, 2.05) is 26.8 Å². The lowest BCUT2D eigenvalue weighted by Crippen LogP contribution is -2.26. The molecule has 0 rings (SSSR count). The zero-order chi connectivity index (χ0) is 15.8. The molecule has 0 aromatic rings. The Kier molecular flexibility index (Phi) is 8.25. The molecule has 0 saturated heterocycles. The average Bonchev–Trinajstić information content (AvgIpc) is 2.35. The molecule has 0 aliphatic heterocycles. The van der Waals surface area contributed by atoms with E-state index in [-0.39, 0.29) is 18.7 Å². The average molecular weight is 280 g/mol. The van der Waals surface area contributed by atoms with Gasteiger partial charge in [-0.25, -0.2) is 0 Å². The van der Waals surface area contributed by atoms with Gasteiger partial charge >= 0.3 is 5.97 Å². The van der Waals surface area contributed by atoms with Gasteiger partial charge in [0.2, 0.25) is 0 Å². The molecule has 20 heavy (non-hydrogen) atoms. The molecular weight excluding hydrogens is 252 g/mol. The van der Waals surface area contributed by atoms with Gasteiger partial charge in [0.15, 0.2) is 6.61 Å². The summed E-state index contributed by atoms with van der Waals surface area (Å²) in [6.07, 6.45) is 2.58. The summed E-state index contributed by atoms with van der Waals surface area (Å²) in [6, 6.07) is 0. The summed E-state index contributed by atoms with van der Waals surface area (Å²) in [4.78, 5) is 11.6. The molecule has 0 spiro atoms. The normalized spacial score (nSPS) is 14.2. The summed E-state index contributed by atoms with van der Waals surface area (Å²) in [5.74, 6) is 6.43. The number of hydrogen-bond donors (Lipinski definition) is 0. The Bertz CT molecular complexity index is 366. The van der Waals surface area contributed by atoms with E-state index < -0.39 is 5.41 Å². The third-order valence-electron chi connectivity index (χ3n) is 3.07. The first-order valence-electron chi connectivity index (χ1n) is 7.03. The van der Waals surface area contributed by atoms with Crippen LogP contribution in [-0.4, -0.2) is 25.8 Å². The number of rotatable bonds is 6. The third-order valence-corrected chi connectivity index (χ3v) is 3.07. The molecule has 0 unspecified atom stereocenters. The molecular formula is C17H28O3. The molecule has 0 amide bonds. The van der Waals surface area contributed by atoms with E-state index in [0.29, 0.717) is 11.8 Å². The molecule has 0 radical (unpaired) electrons. The van der Waals surface area contributed by atoms with Crippen LogP contribution < -0.4 is 0 Å². The number of carbonyl (C=O) groups is 1. The first-order valence-corrected chi connectivity index (χ1v) is 7.03. The van der Waals surface area contributed by atoms with Crippen molar-refractivity contribution in [1.82, 2.24) is 0 Å². The quantitative estimate of drug-likeness (QED) is 0.425. The summed E-state index contributed by atoms with van der Waals surface area (Å²) in [6.45, 7) is 13.6. The Hall–Kier alpha value is -1.27. The maximum absolute atomic E-state index is 11.6. The molecule has 114 valence electrons. The van der Waals surface area contributed by atoms with E-state index in [1.54, 1.807) is 7.11 Å². The molecule has 0 fully saturated rings. The second-order valence-corrected chi connectivity index (χ2v) is 6.24. The van der Waals surface area contributed by atoms with Crippen molar-refractivity contribution in [3.05, 3.63) is 12.7 Å². The number of ether oxygens (including phenoxy) is 2. The minimum Gasteiger partial charge on any atom is -0.452 e. The van der Waals surface area contributed by atoms with E-state index in [0.717, 1.165) is 6.42 Å². The van der Waals surface area contributed by atoms with Crippen molar-refractivity contribution < 1.29 is 14.3 Å². The first-order chi connectivity index (χ1) is 9.23. The molecule has 0 aliphatic carbocycles. The summed E-state index contributed by atoms with van der Waals surface area (Å²) in [5.41, 5.74) is -0.494. The van der Waals surface area contributed by atoms with Gasteiger partial charge in [0, 0.05) is 13.0 Å². The van der Waals surface area contributed by atoms with Crippen molar-refractivity contribution in [3.8, 4) is 11.8 Å². The molecule has 0 aromatic carbocycles. The molecule has 0 saturated carbocycles. The predicted molar refractivity (Wildman–Crippen MR) is 82.1 cm³/mol. The molecule has 0 N–H and O–H groups in total. The Morgan fingerprint density at radius 1 is 1.35 bits per heavy atom. The second-order valence-electron chi connectivity index (χ2n) is 6.24. The van der Waals surface area contributed by atoms with E-state index in [9.17, 15) is 4.79 Å². The molecule has 0 aliphatic rings. The molecule has 0 heterocycles. The van der Waals surface area contributed by atoms with Crippen LogP contribution in [0, 0.1) is 29.1 Å². The third kappa shape index (κ3) is 6.77. The number of esters is 1. The van der Waals surface area contributed by atoms with Crippen molar-refractivity contribution in [2.45, 2.75) is 47.1 Å². The Labute approximate surface area is 123 Å². The van der Waals surface area contributed by atoms with E-state index >= 15 is 0 Å². The summed E-state index contributed by atoms with van der Waals surface area (Å²) in [7, 11) is 1.65. The van der Waals surface area contributed by atoms with Crippen LogP contribution >= 0.6 is 0 Å². The standard InChI is InChI=1S/C17H28O3/c1-8-10-14(13(2)3)15(19-7)11-9-12-20-16(18)17(4,5)6/h8,13-15H,1,10,12H2,2-7H3/t14-,15-/m1/s1. The monoisotopic (exact) mass is 280 g/mol.